The Balaban J connectivity index is 2.24. The summed E-state index contributed by atoms with van der Waals surface area (Å²) in [6, 6.07) is 8.01. The molecule has 0 aliphatic heterocycles. The van der Waals surface area contributed by atoms with Gasteiger partial charge in [-0.1, -0.05) is 23.7 Å². The maximum absolute atomic E-state index is 11.9. The lowest BCUT2D eigenvalue weighted by atomic mass is 9.90. The molecule has 0 bridgehead atoms. The van der Waals surface area contributed by atoms with Crippen molar-refractivity contribution in [3.8, 4) is 0 Å². The second kappa shape index (κ2) is 5.72. The number of amides is 1. The van der Waals surface area contributed by atoms with E-state index in [9.17, 15) is 4.79 Å². The second-order valence-corrected chi connectivity index (χ2v) is 5.32. The molecule has 2 N–H and O–H groups in total. The largest absolute Gasteiger partial charge is 0.328 e. The second-order valence-electron chi connectivity index (χ2n) is 4.91. The molecule has 0 aromatic heterocycles. The van der Waals surface area contributed by atoms with E-state index < -0.39 is 0 Å². The van der Waals surface area contributed by atoms with Crippen molar-refractivity contribution in [1.82, 2.24) is 0 Å². The van der Waals surface area contributed by atoms with Gasteiger partial charge in [0, 0.05) is 19.0 Å². The molecular weight excluding hydrogens is 248 g/mol. The van der Waals surface area contributed by atoms with E-state index >= 15 is 0 Å². The van der Waals surface area contributed by atoms with Crippen molar-refractivity contribution >= 4 is 23.2 Å². The van der Waals surface area contributed by atoms with Gasteiger partial charge in [0.2, 0.25) is 5.91 Å². The lowest BCUT2D eigenvalue weighted by Crippen LogP contribution is -2.43. The van der Waals surface area contributed by atoms with Crippen LogP contribution in [0.5, 0.6) is 0 Å². The van der Waals surface area contributed by atoms with E-state index in [1.807, 2.05) is 29.2 Å². The van der Waals surface area contributed by atoms with Crippen molar-refractivity contribution in [2.45, 2.75) is 44.7 Å². The first-order chi connectivity index (χ1) is 8.59. The van der Waals surface area contributed by atoms with Crippen LogP contribution in [-0.4, -0.2) is 18.0 Å². The van der Waals surface area contributed by atoms with Crippen LogP contribution in [0.1, 0.15) is 32.6 Å². The molecule has 18 heavy (non-hydrogen) atoms. The predicted octanol–water partition coefficient (Wildman–Crippen LogP) is 2.96. The molecular formula is C14H19ClN2O. The minimum absolute atomic E-state index is 0.0450. The Morgan fingerprint density at radius 3 is 2.44 bits per heavy atom. The summed E-state index contributed by atoms with van der Waals surface area (Å²) in [5.41, 5.74) is 6.72. The van der Waals surface area contributed by atoms with Crippen molar-refractivity contribution in [3.05, 3.63) is 29.3 Å². The number of nitrogens with two attached hydrogens (primary N) is 1. The zero-order chi connectivity index (χ0) is 13.1. The first-order valence-corrected chi connectivity index (χ1v) is 6.77. The van der Waals surface area contributed by atoms with Crippen LogP contribution in [0.4, 0.5) is 5.69 Å². The van der Waals surface area contributed by atoms with Crippen molar-refractivity contribution in [2.24, 2.45) is 5.73 Å². The summed E-state index contributed by atoms with van der Waals surface area (Å²) in [5, 5.41) is 0.627. The lowest BCUT2D eigenvalue weighted by molar-refractivity contribution is -0.117. The fraction of sp³-hybridized carbons (Fsp3) is 0.500. The van der Waals surface area contributed by atoms with Crippen LogP contribution in [-0.2, 0) is 4.79 Å². The van der Waals surface area contributed by atoms with Crippen molar-refractivity contribution in [2.75, 3.05) is 4.90 Å². The third-order valence-corrected chi connectivity index (χ3v) is 3.88. The van der Waals surface area contributed by atoms with Gasteiger partial charge in [-0.05, 0) is 37.8 Å². The maximum atomic E-state index is 11.9. The smallest absolute Gasteiger partial charge is 0.224 e. The monoisotopic (exact) mass is 266 g/mol. The maximum Gasteiger partial charge on any atom is 0.224 e. The third-order valence-electron chi connectivity index (χ3n) is 3.56. The molecule has 1 fully saturated rings. The molecule has 4 heteroatoms. The van der Waals surface area contributed by atoms with E-state index in [1.54, 1.807) is 6.92 Å². The molecule has 1 aliphatic carbocycles. The Bertz CT molecular complexity index is 428. The number of carbonyl (C=O) groups is 1. The first-order valence-electron chi connectivity index (χ1n) is 6.39. The normalized spacial score (nSPS) is 23.7. The zero-order valence-corrected chi connectivity index (χ0v) is 11.4. The Morgan fingerprint density at radius 2 is 1.89 bits per heavy atom. The van der Waals surface area contributed by atoms with Crippen molar-refractivity contribution < 1.29 is 4.79 Å². The summed E-state index contributed by atoms with van der Waals surface area (Å²) in [7, 11) is 0. The van der Waals surface area contributed by atoms with E-state index in [4.69, 9.17) is 17.3 Å². The van der Waals surface area contributed by atoms with Crippen LogP contribution in [0, 0.1) is 0 Å². The topological polar surface area (TPSA) is 46.3 Å². The van der Waals surface area contributed by atoms with Gasteiger partial charge < -0.3 is 10.6 Å². The summed E-state index contributed by atoms with van der Waals surface area (Å²) in [5.74, 6) is 0.0450. The van der Waals surface area contributed by atoms with Gasteiger partial charge in [0.15, 0.2) is 0 Å². The average molecular weight is 267 g/mol. The van der Waals surface area contributed by atoms with Crippen LogP contribution in [0.2, 0.25) is 5.02 Å². The highest BCUT2D eigenvalue weighted by Crippen LogP contribution is 2.31. The molecule has 1 aromatic carbocycles. The lowest BCUT2D eigenvalue weighted by Gasteiger charge is -2.36. The predicted molar refractivity (Wildman–Crippen MR) is 74.8 cm³/mol. The van der Waals surface area contributed by atoms with Crippen molar-refractivity contribution in [1.29, 1.82) is 0 Å². The molecule has 98 valence electrons. The van der Waals surface area contributed by atoms with Gasteiger partial charge in [-0.25, -0.2) is 0 Å². The first kappa shape index (κ1) is 13.4. The average Bonchev–Trinajstić information content (AvgIpc) is 2.34. The zero-order valence-electron chi connectivity index (χ0n) is 10.6. The van der Waals surface area contributed by atoms with E-state index in [0.29, 0.717) is 5.02 Å². The van der Waals surface area contributed by atoms with Gasteiger partial charge in [0.25, 0.3) is 0 Å². The summed E-state index contributed by atoms with van der Waals surface area (Å²) < 4.78 is 0. The summed E-state index contributed by atoms with van der Waals surface area (Å²) in [6.07, 6.45) is 3.84. The Hall–Kier alpha value is -1.06. The number of carbonyl (C=O) groups excluding carboxylic acids is 1. The quantitative estimate of drug-likeness (QED) is 0.895. The number of halogens is 1. The molecule has 0 atom stereocenters. The highest BCUT2D eigenvalue weighted by molar-refractivity contribution is 6.33. The number of benzene rings is 1. The fourth-order valence-corrected chi connectivity index (χ4v) is 2.86. The SMILES string of the molecule is CC(=O)N(c1ccccc1Cl)C1CCC(N)CC1. The van der Waals surface area contributed by atoms with Crippen LogP contribution in [0.15, 0.2) is 24.3 Å². The third kappa shape index (κ3) is 2.85. The minimum atomic E-state index is 0.0450. The van der Waals surface area contributed by atoms with Crippen LogP contribution < -0.4 is 10.6 Å². The summed E-state index contributed by atoms with van der Waals surface area (Å²) in [6.45, 7) is 1.60. The van der Waals surface area contributed by atoms with Gasteiger partial charge in [-0.15, -0.1) is 0 Å². The van der Waals surface area contributed by atoms with Gasteiger partial charge in [-0.3, -0.25) is 4.79 Å². The summed E-state index contributed by atoms with van der Waals surface area (Å²) in [4.78, 5) is 13.7. The number of rotatable bonds is 2. The van der Waals surface area contributed by atoms with Gasteiger partial charge in [0.05, 0.1) is 10.7 Å². The number of nitrogens with zero attached hydrogens (tertiary/aromatic N) is 1. The molecule has 0 saturated heterocycles. The molecule has 0 unspecified atom stereocenters. The number of hydrogen-bond acceptors (Lipinski definition) is 2. The van der Waals surface area contributed by atoms with E-state index in [0.717, 1.165) is 31.4 Å². The summed E-state index contributed by atoms with van der Waals surface area (Å²) >= 11 is 6.19. The van der Waals surface area contributed by atoms with E-state index in [1.165, 1.54) is 0 Å². The highest BCUT2D eigenvalue weighted by atomic mass is 35.5. The molecule has 0 spiro atoms. The number of para-hydroxylation sites is 1. The van der Waals surface area contributed by atoms with Gasteiger partial charge >= 0.3 is 0 Å². The van der Waals surface area contributed by atoms with Crippen molar-refractivity contribution in [3.63, 3.8) is 0 Å². The van der Waals surface area contributed by atoms with Crippen LogP contribution in [0.3, 0.4) is 0 Å². The molecule has 2 rings (SSSR count). The number of hydrogen-bond donors (Lipinski definition) is 1. The Kier molecular flexibility index (Phi) is 4.25. The molecule has 3 nitrogen and oxygen atoms in total. The number of anilines is 1. The Morgan fingerprint density at radius 1 is 1.28 bits per heavy atom. The Labute approximate surface area is 113 Å². The molecule has 1 aliphatic rings. The molecule has 0 radical (unpaired) electrons. The molecule has 1 amide bonds. The minimum Gasteiger partial charge on any atom is -0.328 e. The highest BCUT2D eigenvalue weighted by Gasteiger charge is 2.28. The van der Waals surface area contributed by atoms with Crippen LogP contribution >= 0.6 is 11.6 Å². The van der Waals surface area contributed by atoms with Gasteiger partial charge in [-0.2, -0.15) is 0 Å². The van der Waals surface area contributed by atoms with Crippen LogP contribution in [0.25, 0.3) is 0 Å². The van der Waals surface area contributed by atoms with E-state index in [-0.39, 0.29) is 18.0 Å². The fourth-order valence-electron chi connectivity index (χ4n) is 2.63. The molecule has 1 aromatic rings. The standard InChI is InChI=1S/C14H19ClN2O/c1-10(18)17(12-8-6-11(16)7-9-12)14-5-3-2-4-13(14)15/h2-5,11-12H,6-9,16H2,1H3. The molecule has 0 heterocycles. The molecule has 1 saturated carbocycles. The van der Waals surface area contributed by atoms with E-state index in [2.05, 4.69) is 0 Å². The van der Waals surface area contributed by atoms with Gasteiger partial charge in [0.1, 0.15) is 0 Å².